The molecular formula is C19H16ClNO3. The van der Waals surface area contributed by atoms with Crippen LogP contribution < -0.4 is 4.74 Å². The Bertz CT molecular complexity index is 840. The highest BCUT2D eigenvalue weighted by Crippen LogP contribution is 2.25. The predicted octanol–water partition coefficient (Wildman–Crippen LogP) is 4.47. The Balaban J connectivity index is 1.95. The average molecular weight is 342 g/mol. The van der Waals surface area contributed by atoms with Gasteiger partial charge in [-0.1, -0.05) is 35.9 Å². The zero-order chi connectivity index (χ0) is 17.1. The highest BCUT2D eigenvalue weighted by atomic mass is 35.5. The molecule has 0 saturated carbocycles. The first-order chi connectivity index (χ1) is 11.5. The Kier molecular flexibility index (Phi) is 4.67. The number of halogens is 1. The number of hydrogen-bond acceptors (Lipinski definition) is 4. The van der Waals surface area contributed by atoms with Crippen LogP contribution in [0.1, 0.15) is 25.0 Å². The van der Waals surface area contributed by atoms with Crippen molar-refractivity contribution in [1.82, 2.24) is 0 Å². The van der Waals surface area contributed by atoms with E-state index in [1.54, 1.807) is 30.3 Å². The number of para-hydroxylation sites is 1. The number of rotatable bonds is 4. The number of benzene rings is 2. The van der Waals surface area contributed by atoms with Crippen LogP contribution in [-0.4, -0.2) is 18.0 Å². The number of cyclic esters (lactones) is 1. The Morgan fingerprint density at radius 2 is 1.96 bits per heavy atom. The summed E-state index contributed by atoms with van der Waals surface area (Å²) in [4.78, 5) is 16.4. The highest BCUT2D eigenvalue weighted by Gasteiger charge is 2.24. The van der Waals surface area contributed by atoms with E-state index in [1.165, 1.54) is 0 Å². The van der Waals surface area contributed by atoms with Crippen LogP contribution in [0.2, 0.25) is 5.02 Å². The molecule has 1 aliphatic rings. The minimum Gasteiger partial charge on any atom is -0.490 e. The number of ether oxygens (including phenoxy) is 2. The Morgan fingerprint density at radius 3 is 2.71 bits per heavy atom. The molecule has 0 amide bonds. The van der Waals surface area contributed by atoms with E-state index in [4.69, 9.17) is 21.1 Å². The van der Waals surface area contributed by atoms with Crippen LogP contribution in [0.25, 0.3) is 6.08 Å². The first kappa shape index (κ1) is 16.3. The molecule has 1 heterocycles. The van der Waals surface area contributed by atoms with Gasteiger partial charge in [-0.15, -0.1) is 0 Å². The Morgan fingerprint density at radius 1 is 1.17 bits per heavy atom. The first-order valence-electron chi connectivity index (χ1n) is 7.57. The van der Waals surface area contributed by atoms with Crippen molar-refractivity contribution in [3.8, 4) is 5.75 Å². The highest BCUT2D eigenvalue weighted by molar-refractivity contribution is 6.31. The summed E-state index contributed by atoms with van der Waals surface area (Å²) in [7, 11) is 0. The van der Waals surface area contributed by atoms with E-state index in [0.717, 1.165) is 5.56 Å². The Labute approximate surface area is 145 Å². The molecule has 0 fully saturated rings. The van der Waals surface area contributed by atoms with Crippen LogP contribution >= 0.6 is 11.6 Å². The zero-order valence-corrected chi connectivity index (χ0v) is 14.1. The second-order valence-corrected chi connectivity index (χ2v) is 5.99. The van der Waals surface area contributed by atoms with Gasteiger partial charge in [0.1, 0.15) is 5.75 Å². The number of carbonyl (C=O) groups excluding carboxylic acids is 1. The van der Waals surface area contributed by atoms with Crippen LogP contribution in [-0.2, 0) is 9.53 Å². The van der Waals surface area contributed by atoms with Gasteiger partial charge in [-0.3, -0.25) is 0 Å². The second kappa shape index (κ2) is 6.89. The van der Waals surface area contributed by atoms with Gasteiger partial charge in [0.2, 0.25) is 5.90 Å². The lowest BCUT2D eigenvalue weighted by atomic mass is 10.1. The summed E-state index contributed by atoms with van der Waals surface area (Å²) in [5.74, 6) is 0.444. The lowest BCUT2D eigenvalue weighted by molar-refractivity contribution is -0.129. The largest absolute Gasteiger partial charge is 0.490 e. The van der Waals surface area contributed by atoms with Crippen LogP contribution in [0.3, 0.4) is 0 Å². The molecule has 0 bridgehead atoms. The Hall–Kier alpha value is -2.59. The monoisotopic (exact) mass is 341 g/mol. The molecule has 0 unspecified atom stereocenters. The SMILES string of the molecule is CC(C)Oc1ccccc1C=C1N=C(c2cccc(Cl)c2)OC1=O. The van der Waals surface area contributed by atoms with Crippen molar-refractivity contribution in [2.24, 2.45) is 4.99 Å². The van der Waals surface area contributed by atoms with E-state index in [9.17, 15) is 4.79 Å². The molecule has 0 N–H and O–H groups in total. The average Bonchev–Trinajstić information content (AvgIpc) is 2.90. The maximum absolute atomic E-state index is 12.1. The van der Waals surface area contributed by atoms with Gasteiger partial charge in [-0.2, -0.15) is 0 Å². The topological polar surface area (TPSA) is 47.9 Å². The van der Waals surface area contributed by atoms with Gasteiger partial charge in [0.05, 0.1) is 6.10 Å². The van der Waals surface area contributed by atoms with Gasteiger partial charge in [0.25, 0.3) is 0 Å². The third kappa shape index (κ3) is 3.66. The molecule has 0 saturated heterocycles. The second-order valence-electron chi connectivity index (χ2n) is 5.55. The smallest absolute Gasteiger partial charge is 0.363 e. The minimum atomic E-state index is -0.496. The molecule has 3 rings (SSSR count). The van der Waals surface area contributed by atoms with E-state index in [2.05, 4.69) is 4.99 Å². The number of hydrogen-bond donors (Lipinski definition) is 0. The van der Waals surface area contributed by atoms with E-state index in [0.29, 0.717) is 16.3 Å². The number of nitrogens with zero attached hydrogens (tertiary/aromatic N) is 1. The molecule has 24 heavy (non-hydrogen) atoms. The van der Waals surface area contributed by atoms with Gasteiger partial charge in [0, 0.05) is 16.1 Å². The minimum absolute atomic E-state index is 0.0330. The molecule has 0 radical (unpaired) electrons. The van der Waals surface area contributed by atoms with Crippen LogP contribution in [0.5, 0.6) is 5.75 Å². The molecule has 5 heteroatoms. The quantitative estimate of drug-likeness (QED) is 0.609. The summed E-state index contributed by atoms with van der Waals surface area (Å²) in [5, 5.41) is 0.555. The number of carbonyl (C=O) groups is 1. The fourth-order valence-electron chi connectivity index (χ4n) is 2.26. The zero-order valence-electron chi connectivity index (χ0n) is 13.3. The third-order valence-corrected chi connectivity index (χ3v) is 3.50. The molecule has 0 spiro atoms. The first-order valence-corrected chi connectivity index (χ1v) is 7.95. The maximum Gasteiger partial charge on any atom is 0.363 e. The van der Waals surface area contributed by atoms with E-state index in [1.807, 2.05) is 38.1 Å². The molecule has 1 aliphatic heterocycles. The fourth-order valence-corrected chi connectivity index (χ4v) is 2.45. The summed E-state index contributed by atoms with van der Waals surface area (Å²) in [5.41, 5.74) is 1.66. The van der Waals surface area contributed by atoms with Crippen LogP contribution in [0, 0.1) is 0 Å². The lowest BCUT2D eigenvalue weighted by Gasteiger charge is -2.12. The van der Waals surface area contributed by atoms with Crippen LogP contribution in [0.15, 0.2) is 59.2 Å². The number of esters is 1. The molecular weight excluding hydrogens is 326 g/mol. The molecule has 0 aromatic heterocycles. The molecule has 0 aliphatic carbocycles. The van der Waals surface area contributed by atoms with Gasteiger partial charge >= 0.3 is 5.97 Å². The van der Waals surface area contributed by atoms with Gasteiger partial charge in [-0.05, 0) is 44.2 Å². The lowest BCUT2D eigenvalue weighted by Crippen LogP contribution is -2.07. The summed E-state index contributed by atoms with van der Waals surface area (Å²) < 4.78 is 11.0. The number of aliphatic imine (C=N–C) groups is 1. The molecule has 122 valence electrons. The van der Waals surface area contributed by atoms with Crippen molar-refractivity contribution in [2.75, 3.05) is 0 Å². The summed E-state index contributed by atoms with van der Waals surface area (Å²) >= 11 is 5.97. The van der Waals surface area contributed by atoms with E-state index >= 15 is 0 Å². The summed E-state index contributed by atoms with van der Waals surface area (Å²) in [6.45, 7) is 3.90. The summed E-state index contributed by atoms with van der Waals surface area (Å²) in [6.07, 6.45) is 1.70. The maximum atomic E-state index is 12.1. The van der Waals surface area contributed by atoms with Crippen molar-refractivity contribution in [1.29, 1.82) is 0 Å². The van der Waals surface area contributed by atoms with Gasteiger partial charge in [0.15, 0.2) is 5.70 Å². The van der Waals surface area contributed by atoms with Crippen molar-refractivity contribution >= 4 is 29.5 Å². The van der Waals surface area contributed by atoms with Crippen molar-refractivity contribution in [3.63, 3.8) is 0 Å². The third-order valence-electron chi connectivity index (χ3n) is 3.27. The van der Waals surface area contributed by atoms with Gasteiger partial charge in [-0.25, -0.2) is 9.79 Å². The van der Waals surface area contributed by atoms with E-state index in [-0.39, 0.29) is 17.7 Å². The van der Waals surface area contributed by atoms with E-state index < -0.39 is 5.97 Å². The van der Waals surface area contributed by atoms with Crippen molar-refractivity contribution in [2.45, 2.75) is 20.0 Å². The normalized spacial score (nSPS) is 15.6. The standard InChI is InChI=1S/C19H16ClNO3/c1-12(2)23-17-9-4-3-6-13(17)11-16-19(22)24-18(21-16)14-7-5-8-15(20)10-14/h3-12H,1-2H3. The molecule has 2 aromatic rings. The van der Waals surface area contributed by atoms with Crippen LogP contribution in [0.4, 0.5) is 0 Å². The molecule has 4 nitrogen and oxygen atoms in total. The molecule has 2 aromatic carbocycles. The summed E-state index contributed by atoms with van der Waals surface area (Å²) in [6, 6.07) is 14.5. The fraction of sp³-hybridized carbons (Fsp3) is 0.158. The van der Waals surface area contributed by atoms with Crippen molar-refractivity contribution in [3.05, 3.63) is 70.4 Å². The van der Waals surface area contributed by atoms with Crippen molar-refractivity contribution < 1.29 is 14.3 Å². The predicted molar refractivity (Wildman–Crippen MR) is 94.3 cm³/mol. The van der Waals surface area contributed by atoms with Gasteiger partial charge < -0.3 is 9.47 Å². The molecule has 0 atom stereocenters.